The smallest absolute Gasteiger partial charge is 0.322 e. The van der Waals surface area contributed by atoms with Gasteiger partial charge in [-0.15, -0.1) is 0 Å². The molecule has 0 radical (unpaired) electrons. The van der Waals surface area contributed by atoms with Gasteiger partial charge >= 0.3 is 6.01 Å². The first kappa shape index (κ1) is 19.7. The van der Waals surface area contributed by atoms with Crippen LogP contribution >= 0.6 is 0 Å². The van der Waals surface area contributed by atoms with Crippen molar-refractivity contribution in [2.45, 2.75) is 19.6 Å². The van der Waals surface area contributed by atoms with E-state index in [2.05, 4.69) is 14.7 Å². The summed E-state index contributed by atoms with van der Waals surface area (Å²) < 4.78 is 59.6. The Balaban J connectivity index is 1.82. The van der Waals surface area contributed by atoms with Gasteiger partial charge in [-0.1, -0.05) is 24.3 Å². The third kappa shape index (κ3) is 4.80. The van der Waals surface area contributed by atoms with Crippen molar-refractivity contribution in [3.63, 3.8) is 0 Å². The van der Waals surface area contributed by atoms with E-state index in [0.29, 0.717) is 17.0 Å². The van der Waals surface area contributed by atoms with Crippen LogP contribution in [0.2, 0.25) is 0 Å². The number of benzene rings is 2. The Bertz CT molecular complexity index is 1100. The van der Waals surface area contributed by atoms with Gasteiger partial charge in [0.05, 0.1) is 22.8 Å². The van der Waals surface area contributed by atoms with Crippen LogP contribution in [0.25, 0.3) is 0 Å². The maximum atomic E-state index is 13.7. The lowest BCUT2D eigenvalue weighted by atomic mass is 10.2. The maximum absolute atomic E-state index is 13.7. The van der Waals surface area contributed by atoms with Crippen molar-refractivity contribution in [2.75, 3.05) is 4.72 Å². The van der Waals surface area contributed by atoms with E-state index in [1.54, 1.807) is 19.9 Å². The second kappa shape index (κ2) is 7.89. The van der Waals surface area contributed by atoms with Crippen molar-refractivity contribution >= 4 is 15.7 Å². The van der Waals surface area contributed by atoms with Gasteiger partial charge in [0.25, 0.3) is 0 Å². The average molecular weight is 405 g/mol. The first-order chi connectivity index (χ1) is 13.2. The molecule has 3 aromatic rings. The fourth-order valence-corrected chi connectivity index (χ4v) is 3.84. The van der Waals surface area contributed by atoms with Crippen molar-refractivity contribution in [1.82, 2.24) is 9.97 Å². The van der Waals surface area contributed by atoms with E-state index in [1.807, 2.05) is 0 Å². The molecule has 0 spiro atoms. The van der Waals surface area contributed by atoms with Crippen molar-refractivity contribution in [2.24, 2.45) is 0 Å². The Morgan fingerprint density at radius 1 is 1.00 bits per heavy atom. The number of hydrogen-bond acceptors (Lipinski definition) is 5. The van der Waals surface area contributed by atoms with E-state index in [9.17, 15) is 17.2 Å². The molecular weight excluding hydrogens is 388 g/mol. The summed E-state index contributed by atoms with van der Waals surface area (Å²) in [7, 11) is -3.83. The van der Waals surface area contributed by atoms with Gasteiger partial charge in [-0.3, -0.25) is 4.72 Å². The average Bonchev–Trinajstić information content (AvgIpc) is 2.60. The monoisotopic (exact) mass is 405 g/mol. The predicted octanol–water partition coefficient (Wildman–Crippen LogP) is 4.11. The highest BCUT2D eigenvalue weighted by Gasteiger charge is 2.18. The first-order valence-corrected chi connectivity index (χ1v) is 9.91. The number of anilines is 1. The van der Waals surface area contributed by atoms with Crippen LogP contribution in [-0.4, -0.2) is 18.4 Å². The summed E-state index contributed by atoms with van der Waals surface area (Å²) in [5.41, 5.74) is 1.11. The molecule has 0 aliphatic heterocycles. The lowest BCUT2D eigenvalue weighted by Crippen LogP contribution is -2.18. The summed E-state index contributed by atoms with van der Waals surface area (Å²) in [4.78, 5) is 8.18. The fourth-order valence-electron chi connectivity index (χ4n) is 2.54. The molecule has 0 aliphatic rings. The number of rotatable bonds is 6. The number of para-hydroxylation sites is 1. The van der Waals surface area contributed by atoms with Gasteiger partial charge < -0.3 is 4.74 Å². The molecule has 28 heavy (non-hydrogen) atoms. The molecule has 0 saturated heterocycles. The standard InChI is InChI=1S/C19H17F2N3O3S/c1-12-18(24-28(25,26)11-14-6-5-7-15(20)10-14)13(2)23-19(22-12)27-17-9-4-3-8-16(17)21/h3-10,24H,11H2,1-2H3. The van der Waals surface area contributed by atoms with Crippen molar-refractivity contribution < 1.29 is 21.9 Å². The normalized spacial score (nSPS) is 11.3. The molecule has 1 heterocycles. The van der Waals surface area contributed by atoms with Crippen LogP contribution < -0.4 is 9.46 Å². The van der Waals surface area contributed by atoms with Crippen LogP contribution in [0, 0.1) is 25.5 Å². The fraction of sp³-hybridized carbons (Fsp3) is 0.158. The molecule has 0 saturated carbocycles. The first-order valence-electron chi connectivity index (χ1n) is 8.26. The summed E-state index contributed by atoms with van der Waals surface area (Å²) in [6.45, 7) is 3.14. The highest BCUT2D eigenvalue weighted by atomic mass is 32.2. The zero-order valence-electron chi connectivity index (χ0n) is 15.1. The molecule has 1 aromatic heterocycles. The van der Waals surface area contributed by atoms with E-state index >= 15 is 0 Å². The number of nitrogens with one attached hydrogen (secondary N) is 1. The molecule has 0 amide bonds. The molecule has 0 bridgehead atoms. The zero-order valence-corrected chi connectivity index (χ0v) is 15.9. The van der Waals surface area contributed by atoms with Crippen LogP contribution in [0.15, 0.2) is 48.5 Å². The molecule has 0 atom stereocenters. The zero-order chi connectivity index (χ0) is 20.3. The third-order valence-corrected chi connectivity index (χ3v) is 5.02. The quantitative estimate of drug-likeness (QED) is 0.668. The van der Waals surface area contributed by atoms with E-state index in [-0.39, 0.29) is 17.4 Å². The molecule has 0 fully saturated rings. The Hall–Kier alpha value is -3.07. The number of halogens is 2. The van der Waals surface area contributed by atoms with Gasteiger partial charge in [0, 0.05) is 0 Å². The lowest BCUT2D eigenvalue weighted by molar-refractivity contribution is 0.409. The minimum atomic E-state index is -3.83. The molecular formula is C19H17F2N3O3S. The van der Waals surface area contributed by atoms with E-state index in [4.69, 9.17) is 4.74 Å². The molecule has 3 rings (SSSR count). The lowest BCUT2D eigenvalue weighted by Gasteiger charge is -2.14. The van der Waals surface area contributed by atoms with Gasteiger partial charge in [0.15, 0.2) is 11.6 Å². The van der Waals surface area contributed by atoms with Crippen LogP contribution in [0.5, 0.6) is 11.8 Å². The van der Waals surface area contributed by atoms with Gasteiger partial charge in [-0.2, -0.15) is 9.97 Å². The third-order valence-electron chi connectivity index (χ3n) is 3.79. The largest absolute Gasteiger partial charge is 0.421 e. The van der Waals surface area contributed by atoms with Gasteiger partial charge in [-0.25, -0.2) is 17.2 Å². The SMILES string of the molecule is Cc1nc(Oc2ccccc2F)nc(C)c1NS(=O)(=O)Cc1cccc(F)c1. The van der Waals surface area contributed by atoms with Gasteiger partial charge in [0.1, 0.15) is 5.82 Å². The molecule has 6 nitrogen and oxygen atoms in total. The summed E-state index contributed by atoms with van der Waals surface area (Å²) in [6.07, 6.45) is 0. The number of hydrogen-bond donors (Lipinski definition) is 1. The molecule has 0 unspecified atom stereocenters. The van der Waals surface area contributed by atoms with Crippen molar-refractivity contribution in [3.05, 3.63) is 77.1 Å². The predicted molar refractivity (Wildman–Crippen MR) is 101 cm³/mol. The molecule has 1 N–H and O–H groups in total. The Kier molecular flexibility index (Phi) is 5.55. The van der Waals surface area contributed by atoms with E-state index in [0.717, 1.165) is 6.07 Å². The molecule has 9 heteroatoms. The van der Waals surface area contributed by atoms with Crippen LogP contribution in [0.4, 0.5) is 14.5 Å². The maximum Gasteiger partial charge on any atom is 0.322 e. The number of ether oxygens (including phenoxy) is 1. The van der Waals surface area contributed by atoms with Crippen molar-refractivity contribution in [1.29, 1.82) is 0 Å². The summed E-state index contributed by atoms with van der Waals surface area (Å²) in [5, 5.41) is 0. The highest BCUT2D eigenvalue weighted by molar-refractivity contribution is 7.91. The topological polar surface area (TPSA) is 81.2 Å². The molecule has 146 valence electrons. The number of sulfonamides is 1. The van der Waals surface area contributed by atoms with Crippen LogP contribution in [0.1, 0.15) is 17.0 Å². The van der Waals surface area contributed by atoms with E-state index in [1.165, 1.54) is 36.4 Å². The van der Waals surface area contributed by atoms with Crippen LogP contribution in [-0.2, 0) is 15.8 Å². The van der Waals surface area contributed by atoms with Crippen molar-refractivity contribution in [3.8, 4) is 11.8 Å². The minimum Gasteiger partial charge on any atom is -0.421 e. The summed E-state index contributed by atoms with van der Waals surface area (Å²) in [5.74, 6) is -1.53. The number of nitrogens with zero attached hydrogens (tertiary/aromatic N) is 2. The van der Waals surface area contributed by atoms with E-state index < -0.39 is 27.4 Å². The number of aromatic nitrogens is 2. The second-order valence-electron chi connectivity index (χ2n) is 6.08. The molecule has 0 aliphatic carbocycles. The Morgan fingerprint density at radius 3 is 2.32 bits per heavy atom. The highest BCUT2D eigenvalue weighted by Crippen LogP contribution is 2.26. The second-order valence-corrected chi connectivity index (χ2v) is 7.80. The van der Waals surface area contributed by atoms with Gasteiger partial charge in [0.2, 0.25) is 10.0 Å². The Labute approximate surface area is 161 Å². The Morgan fingerprint density at radius 2 is 1.68 bits per heavy atom. The summed E-state index contributed by atoms with van der Waals surface area (Å²) >= 11 is 0. The van der Waals surface area contributed by atoms with Gasteiger partial charge in [-0.05, 0) is 43.7 Å². The van der Waals surface area contributed by atoms with Crippen LogP contribution in [0.3, 0.4) is 0 Å². The molecule has 2 aromatic carbocycles. The summed E-state index contributed by atoms with van der Waals surface area (Å²) in [6, 6.07) is 11.0. The minimum absolute atomic E-state index is 0.0410. The number of aryl methyl sites for hydroxylation is 2.